The molecule has 0 aliphatic rings. The summed E-state index contributed by atoms with van der Waals surface area (Å²) in [6.45, 7) is 2.21. The summed E-state index contributed by atoms with van der Waals surface area (Å²) in [4.78, 5) is 15.1. The number of halogens is 1. The van der Waals surface area contributed by atoms with Gasteiger partial charge < -0.3 is 4.74 Å². The van der Waals surface area contributed by atoms with Gasteiger partial charge in [-0.3, -0.25) is 9.78 Å². The second kappa shape index (κ2) is 5.16. The van der Waals surface area contributed by atoms with Crippen molar-refractivity contribution < 1.29 is 9.53 Å². The fourth-order valence-electron chi connectivity index (χ4n) is 0.871. The predicted molar refractivity (Wildman–Crippen MR) is 57.3 cm³/mol. The second-order valence-electron chi connectivity index (χ2n) is 2.45. The van der Waals surface area contributed by atoms with Gasteiger partial charge in [0.25, 0.3) is 0 Å². The molecule has 0 fully saturated rings. The van der Waals surface area contributed by atoms with Crippen LogP contribution in [0.25, 0.3) is 0 Å². The third kappa shape index (κ3) is 3.71. The first-order chi connectivity index (χ1) is 6.22. The minimum absolute atomic E-state index is 0.226. The first-order valence-electron chi connectivity index (χ1n) is 3.98. The van der Waals surface area contributed by atoms with Gasteiger partial charge in [0, 0.05) is 9.77 Å². The Labute approximate surface area is 90.6 Å². The van der Waals surface area contributed by atoms with Crippen LogP contribution in [-0.4, -0.2) is 17.6 Å². The van der Waals surface area contributed by atoms with Crippen LogP contribution in [0.1, 0.15) is 12.6 Å². The third-order valence-corrected chi connectivity index (χ3v) is 2.06. The topological polar surface area (TPSA) is 39.2 Å². The molecule has 13 heavy (non-hydrogen) atoms. The van der Waals surface area contributed by atoms with E-state index in [-0.39, 0.29) is 12.4 Å². The van der Waals surface area contributed by atoms with Crippen molar-refractivity contribution in [1.29, 1.82) is 0 Å². The van der Waals surface area contributed by atoms with E-state index >= 15 is 0 Å². The van der Waals surface area contributed by atoms with Gasteiger partial charge in [0.05, 0.1) is 18.7 Å². The van der Waals surface area contributed by atoms with Crippen LogP contribution < -0.4 is 0 Å². The first kappa shape index (κ1) is 10.4. The Bertz CT molecular complexity index is 284. The SMILES string of the molecule is CCOC(=O)Cc1ccc(I)cn1. The lowest BCUT2D eigenvalue weighted by molar-refractivity contribution is -0.142. The molecular formula is C9H10INO2. The monoisotopic (exact) mass is 291 g/mol. The fourth-order valence-corrected chi connectivity index (χ4v) is 1.19. The van der Waals surface area contributed by atoms with E-state index in [0.29, 0.717) is 6.61 Å². The molecule has 4 heteroatoms. The zero-order valence-electron chi connectivity index (χ0n) is 7.29. The van der Waals surface area contributed by atoms with Gasteiger partial charge in [-0.25, -0.2) is 0 Å². The van der Waals surface area contributed by atoms with Crippen molar-refractivity contribution in [2.24, 2.45) is 0 Å². The molecule has 1 aromatic rings. The number of nitrogens with zero attached hydrogens (tertiary/aromatic N) is 1. The van der Waals surface area contributed by atoms with E-state index < -0.39 is 0 Å². The third-order valence-electron chi connectivity index (χ3n) is 1.42. The van der Waals surface area contributed by atoms with Crippen LogP contribution in [0, 0.1) is 3.57 Å². The molecule has 0 aliphatic carbocycles. The van der Waals surface area contributed by atoms with E-state index in [1.807, 2.05) is 12.1 Å². The Morgan fingerprint density at radius 2 is 2.38 bits per heavy atom. The number of carbonyl (C=O) groups is 1. The summed E-state index contributed by atoms with van der Waals surface area (Å²) in [5, 5.41) is 0. The maximum atomic E-state index is 11.0. The van der Waals surface area contributed by atoms with Crippen LogP contribution >= 0.6 is 22.6 Å². The standard InChI is InChI=1S/C9H10INO2/c1-2-13-9(12)5-8-4-3-7(10)6-11-8/h3-4,6H,2,5H2,1H3. The van der Waals surface area contributed by atoms with Crippen molar-refractivity contribution in [2.75, 3.05) is 6.61 Å². The van der Waals surface area contributed by atoms with Crippen molar-refractivity contribution in [3.63, 3.8) is 0 Å². The number of aromatic nitrogens is 1. The summed E-state index contributed by atoms with van der Waals surface area (Å²) in [7, 11) is 0. The van der Waals surface area contributed by atoms with Gasteiger partial charge in [0.15, 0.2) is 0 Å². The number of carbonyl (C=O) groups excluding carboxylic acids is 1. The minimum atomic E-state index is -0.226. The Kier molecular flexibility index (Phi) is 4.14. The van der Waals surface area contributed by atoms with Crippen LogP contribution in [0.2, 0.25) is 0 Å². The molecule has 0 amide bonds. The summed E-state index contributed by atoms with van der Waals surface area (Å²) in [6, 6.07) is 3.75. The summed E-state index contributed by atoms with van der Waals surface area (Å²) in [5.74, 6) is -0.226. The molecular weight excluding hydrogens is 281 g/mol. The molecule has 0 N–H and O–H groups in total. The maximum Gasteiger partial charge on any atom is 0.311 e. The van der Waals surface area contributed by atoms with Crippen LogP contribution in [0.3, 0.4) is 0 Å². The molecule has 70 valence electrons. The Balaban J connectivity index is 2.54. The summed E-state index contributed by atoms with van der Waals surface area (Å²) >= 11 is 2.17. The number of rotatable bonds is 3. The first-order valence-corrected chi connectivity index (χ1v) is 5.06. The highest BCUT2D eigenvalue weighted by atomic mass is 127. The van der Waals surface area contributed by atoms with Crippen LogP contribution in [-0.2, 0) is 16.0 Å². The van der Waals surface area contributed by atoms with Crippen molar-refractivity contribution in [2.45, 2.75) is 13.3 Å². The molecule has 1 heterocycles. The average molecular weight is 291 g/mol. The molecule has 0 saturated heterocycles. The minimum Gasteiger partial charge on any atom is -0.466 e. The predicted octanol–water partition coefficient (Wildman–Crippen LogP) is 1.79. The van der Waals surface area contributed by atoms with Crippen LogP contribution in [0.5, 0.6) is 0 Å². The van der Waals surface area contributed by atoms with Crippen molar-refractivity contribution in [3.05, 3.63) is 27.6 Å². The van der Waals surface area contributed by atoms with Crippen molar-refractivity contribution >= 4 is 28.6 Å². The van der Waals surface area contributed by atoms with Gasteiger partial charge in [-0.15, -0.1) is 0 Å². The number of hydrogen-bond donors (Lipinski definition) is 0. The molecule has 0 spiro atoms. The van der Waals surface area contributed by atoms with Gasteiger partial charge in [-0.1, -0.05) is 0 Å². The second-order valence-corrected chi connectivity index (χ2v) is 3.70. The van der Waals surface area contributed by atoms with E-state index in [9.17, 15) is 4.79 Å². The normalized spacial score (nSPS) is 9.69. The van der Waals surface area contributed by atoms with Crippen LogP contribution in [0.15, 0.2) is 18.3 Å². The van der Waals surface area contributed by atoms with E-state index in [4.69, 9.17) is 4.74 Å². The summed E-state index contributed by atoms with van der Waals surface area (Å²) in [5.41, 5.74) is 0.749. The number of ether oxygens (including phenoxy) is 1. The van der Waals surface area contributed by atoms with E-state index in [1.165, 1.54) is 0 Å². The lowest BCUT2D eigenvalue weighted by atomic mass is 10.3. The molecule has 0 bridgehead atoms. The quantitative estimate of drug-likeness (QED) is 0.629. The number of hydrogen-bond acceptors (Lipinski definition) is 3. The van der Waals surface area contributed by atoms with Crippen molar-refractivity contribution in [3.8, 4) is 0 Å². The fraction of sp³-hybridized carbons (Fsp3) is 0.333. The lowest BCUT2D eigenvalue weighted by Crippen LogP contribution is -2.08. The summed E-state index contributed by atoms with van der Waals surface area (Å²) in [6.07, 6.45) is 1.99. The maximum absolute atomic E-state index is 11.0. The van der Waals surface area contributed by atoms with E-state index in [0.717, 1.165) is 9.26 Å². The van der Waals surface area contributed by atoms with Crippen molar-refractivity contribution in [1.82, 2.24) is 4.98 Å². The van der Waals surface area contributed by atoms with E-state index in [1.54, 1.807) is 13.1 Å². The highest BCUT2D eigenvalue weighted by Crippen LogP contribution is 2.04. The number of pyridine rings is 1. The van der Waals surface area contributed by atoms with Gasteiger partial charge in [0.2, 0.25) is 0 Å². The average Bonchev–Trinajstić information content (AvgIpc) is 2.09. The largest absolute Gasteiger partial charge is 0.466 e. The molecule has 3 nitrogen and oxygen atoms in total. The Morgan fingerprint density at radius 1 is 1.62 bits per heavy atom. The molecule has 1 rings (SSSR count). The highest BCUT2D eigenvalue weighted by Gasteiger charge is 2.03. The molecule has 0 aliphatic heterocycles. The van der Waals surface area contributed by atoms with Gasteiger partial charge >= 0.3 is 5.97 Å². The lowest BCUT2D eigenvalue weighted by Gasteiger charge is -2.00. The highest BCUT2D eigenvalue weighted by molar-refractivity contribution is 14.1. The molecule has 0 radical (unpaired) electrons. The molecule has 0 unspecified atom stereocenters. The molecule has 0 atom stereocenters. The Morgan fingerprint density at radius 3 is 2.92 bits per heavy atom. The zero-order valence-corrected chi connectivity index (χ0v) is 9.45. The van der Waals surface area contributed by atoms with E-state index in [2.05, 4.69) is 27.6 Å². The smallest absolute Gasteiger partial charge is 0.311 e. The Hall–Kier alpha value is -0.650. The zero-order chi connectivity index (χ0) is 9.68. The summed E-state index contributed by atoms with van der Waals surface area (Å²) < 4.78 is 5.86. The van der Waals surface area contributed by atoms with Gasteiger partial charge in [-0.2, -0.15) is 0 Å². The van der Waals surface area contributed by atoms with Crippen LogP contribution in [0.4, 0.5) is 0 Å². The number of esters is 1. The van der Waals surface area contributed by atoms with Gasteiger partial charge in [0.1, 0.15) is 0 Å². The van der Waals surface area contributed by atoms with Gasteiger partial charge in [-0.05, 0) is 41.6 Å². The molecule has 0 saturated carbocycles. The molecule has 1 aromatic heterocycles. The molecule has 0 aromatic carbocycles.